The molecule has 0 N–H and O–H groups in total. The molecule has 1 saturated heterocycles. The van der Waals surface area contributed by atoms with E-state index in [1.807, 2.05) is 71.2 Å². The number of halogens is 1. The van der Waals surface area contributed by atoms with E-state index in [2.05, 4.69) is 280 Å². The van der Waals surface area contributed by atoms with Gasteiger partial charge in [0.2, 0.25) is 5.28 Å². The summed E-state index contributed by atoms with van der Waals surface area (Å²) in [6, 6.07) is 101. The van der Waals surface area contributed by atoms with Crippen LogP contribution in [-0.4, -0.2) is 58.2 Å². The first-order valence-corrected chi connectivity index (χ1v) is 36.7. The second-order valence-electron chi connectivity index (χ2n) is 27.2. The Morgan fingerprint density at radius 2 is 0.587 bits per heavy atom. The Labute approximate surface area is 611 Å². The van der Waals surface area contributed by atoms with Gasteiger partial charge in [-0.15, -0.1) is 22.7 Å². The van der Waals surface area contributed by atoms with Gasteiger partial charge in [-0.05, 0) is 130 Å². The van der Waals surface area contributed by atoms with Crippen molar-refractivity contribution in [2.24, 2.45) is 0 Å². The van der Waals surface area contributed by atoms with Crippen molar-refractivity contribution in [3.8, 4) is 57.1 Å². The molecule has 0 amide bonds. The molecule has 14 aromatic carbocycles. The third kappa shape index (κ3) is 11.0. The van der Waals surface area contributed by atoms with Gasteiger partial charge in [-0.3, -0.25) is 4.98 Å². The summed E-state index contributed by atoms with van der Waals surface area (Å²) >= 11 is 9.95. The monoisotopic (exact) mass is 1390 g/mol. The van der Waals surface area contributed by atoms with Gasteiger partial charge in [-0.25, -0.2) is 24.9 Å². The first kappa shape index (κ1) is 63.1. The first-order valence-electron chi connectivity index (χ1n) is 34.7. The fraction of sp³-hybridized carbons (Fsp3) is 0.0667. The quantitative estimate of drug-likeness (QED) is 0.117. The van der Waals surface area contributed by atoms with Crippen molar-refractivity contribution in [3.63, 3.8) is 0 Å². The SMILES string of the molecule is CC1(C)OB(c2nc3cc4c(cc3c3ccccc23)sc2ccccc24)OC1(C)C.Clc1nc(-c2cccc3ccccc23)nc(-c2cccc3ccccc23)n1.c1ccc2c(-c3nc(-c4cccc5ccccc45)nc(-c4nc5cc6c(cc5c5ccccc45)sc4ccccc46)n3)cccc2c1. The highest BCUT2D eigenvalue weighted by molar-refractivity contribution is 7.26. The van der Waals surface area contributed by atoms with E-state index in [1.54, 1.807) is 0 Å². The molecule has 0 bridgehead atoms. The predicted octanol–water partition coefficient (Wildman–Crippen LogP) is 23.5. The van der Waals surface area contributed by atoms with E-state index in [0.29, 0.717) is 29.1 Å². The van der Waals surface area contributed by atoms with Crippen molar-refractivity contribution in [1.82, 2.24) is 39.9 Å². The van der Waals surface area contributed by atoms with Crippen LogP contribution in [0.1, 0.15) is 27.7 Å². The number of thiophene rings is 2. The number of rotatable bonds is 6. The van der Waals surface area contributed by atoms with E-state index >= 15 is 0 Å². The Morgan fingerprint density at radius 1 is 0.269 bits per heavy atom. The van der Waals surface area contributed by atoms with Crippen LogP contribution in [0.2, 0.25) is 5.28 Å². The molecule has 21 rings (SSSR count). The lowest BCUT2D eigenvalue weighted by Gasteiger charge is -2.32. The maximum Gasteiger partial charge on any atom is 0.515 e. The lowest BCUT2D eigenvalue weighted by atomic mass is 9.80. The fourth-order valence-corrected chi connectivity index (χ4v) is 17.1. The number of fused-ring (bicyclic) bond motifs is 16. The summed E-state index contributed by atoms with van der Waals surface area (Å²) in [6.45, 7) is 8.32. The third-order valence-electron chi connectivity index (χ3n) is 20.5. The van der Waals surface area contributed by atoms with Gasteiger partial charge < -0.3 is 9.31 Å². The predicted molar refractivity (Wildman–Crippen MR) is 435 cm³/mol. The minimum atomic E-state index is -0.487. The first-order chi connectivity index (χ1) is 50.9. The minimum Gasteiger partial charge on any atom is -0.398 e. The largest absolute Gasteiger partial charge is 0.515 e. The zero-order valence-corrected chi connectivity index (χ0v) is 59.3. The number of hydrogen-bond acceptors (Lipinski definition) is 12. The van der Waals surface area contributed by atoms with Crippen molar-refractivity contribution >= 4 is 174 Å². The van der Waals surface area contributed by atoms with Gasteiger partial charge in [0.05, 0.1) is 27.8 Å². The molecular weight excluding hydrogens is 1340 g/mol. The molecule has 0 saturated carbocycles. The van der Waals surface area contributed by atoms with Crippen molar-refractivity contribution in [2.45, 2.75) is 38.9 Å². The van der Waals surface area contributed by atoms with E-state index in [-0.39, 0.29) is 5.28 Å². The molecular formula is C90H60BClN8O2S2. The standard InChI is InChI=1S/C42H24N4S.C25H22BNO2S.C23H14ClN3/c1-3-15-27-25(11-1)13-9-20-32(27)40-44-41(33-21-10-14-26-12-2-4-16-28(26)33)46-42(45-40)39-31-19-6-5-17-29(31)34-24-38-35(23-36(34)43-39)30-18-7-8-22-37(30)47-38;1-24(2)25(3,4)29-26(28-24)23-17-11-6-5-9-15(17)18-14-22-19(13-20(18)27-23)16-10-7-8-12-21(16)30-22;24-23-26-21(19-13-5-9-15-7-1-3-11-17(15)19)25-22(27-23)20-14-6-10-16-8-2-4-12-18(16)20/h1-24H;5-14H,1-4H3;1-14H. The second-order valence-corrected chi connectivity index (χ2v) is 29.7. The molecule has 494 valence electrons. The summed E-state index contributed by atoms with van der Waals surface area (Å²) in [5.41, 5.74) is 6.52. The Morgan fingerprint density at radius 3 is 1.01 bits per heavy atom. The number of benzene rings is 14. The highest BCUT2D eigenvalue weighted by Gasteiger charge is 2.53. The van der Waals surface area contributed by atoms with Gasteiger partial charge in [0.25, 0.3) is 0 Å². The Hall–Kier alpha value is -11.8. The lowest BCUT2D eigenvalue weighted by Crippen LogP contribution is -2.41. The van der Waals surface area contributed by atoms with Crippen LogP contribution in [0.3, 0.4) is 0 Å². The Kier molecular flexibility index (Phi) is 15.4. The summed E-state index contributed by atoms with van der Waals surface area (Å²) in [6.07, 6.45) is 0. The number of pyridine rings is 2. The lowest BCUT2D eigenvalue weighted by molar-refractivity contribution is 0.00578. The maximum atomic E-state index is 6.37. The molecule has 1 aliphatic heterocycles. The summed E-state index contributed by atoms with van der Waals surface area (Å²) in [5, 5.41) is 20.8. The summed E-state index contributed by atoms with van der Waals surface area (Å²) in [7, 11) is -0.487. The van der Waals surface area contributed by atoms with Gasteiger partial charge >= 0.3 is 7.12 Å². The van der Waals surface area contributed by atoms with Crippen LogP contribution in [0.5, 0.6) is 0 Å². The molecule has 0 spiro atoms. The van der Waals surface area contributed by atoms with E-state index < -0.39 is 18.3 Å². The molecule has 0 unspecified atom stereocenters. The van der Waals surface area contributed by atoms with Crippen LogP contribution < -0.4 is 5.59 Å². The summed E-state index contributed by atoms with van der Waals surface area (Å²) < 4.78 is 17.9. The average Bonchev–Trinajstić information content (AvgIpc) is 1.41. The van der Waals surface area contributed by atoms with Crippen molar-refractivity contribution in [3.05, 3.63) is 296 Å². The van der Waals surface area contributed by atoms with Crippen molar-refractivity contribution in [2.75, 3.05) is 0 Å². The zero-order valence-electron chi connectivity index (χ0n) is 56.9. The summed E-state index contributed by atoms with van der Waals surface area (Å²) in [4.78, 5) is 39.6. The van der Waals surface area contributed by atoms with Crippen LogP contribution in [0.25, 0.3) is 184 Å². The van der Waals surface area contributed by atoms with Crippen LogP contribution in [0.15, 0.2) is 291 Å². The Bertz CT molecular complexity index is 6670. The molecule has 6 aromatic heterocycles. The molecule has 7 heterocycles. The van der Waals surface area contributed by atoms with E-state index in [4.69, 9.17) is 50.8 Å². The van der Waals surface area contributed by atoms with E-state index in [0.717, 1.165) is 109 Å². The minimum absolute atomic E-state index is 0.191. The van der Waals surface area contributed by atoms with Crippen molar-refractivity contribution < 1.29 is 9.31 Å². The van der Waals surface area contributed by atoms with Crippen LogP contribution >= 0.6 is 34.3 Å². The second kappa shape index (κ2) is 25.3. The highest BCUT2D eigenvalue weighted by atomic mass is 35.5. The highest BCUT2D eigenvalue weighted by Crippen LogP contribution is 2.44. The smallest absolute Gasteiger partial charge is 0.398 e. The van der Waals surface area contributed by atoms with Gasteiger partial charge in [-0.2, -0.15) is 9.97 Å². The fourth-order valence-electron chi connectivity index (χ4n) is 14.7. The molecule has 0 atom stereocenters. The zero-order chi connectivity index (χ0) is 69.8. The molecule has 20 aromatic rings. The van der Waals surface area contributed by atoms with Crippen LogP contribution in [0.4, 0.5) is 0 Å². The number of hydrogen-bond donors (Lipinski definition) is 0. The van der Waals surface area contributed by atoms with Gasteiger partial charge in [0, 0.05) is 84.1 Å². The molecule has 0 radical (unpaired) electrons. The molecule has 1 fully saturated rings. The maximum absolute atomic E-state index is 6.37. The molecule has 14 heteroatoms. The Balaban J connectivity index is 0.000000113. The van der Waals surface area contributed by atoms with Crippen LogP contribution in [0, 0.1) is 0 Å². The van der Waals surface area contributed by atoms with Gasteiger partial charge in [0.15, 0.2) is 29.1 Å². The van der Waals surface area contributed by atoms with E-state index in [1.165, 1.54) is 51.1 Å². The molecule has 0 aliphatic carbocycles. The topological polar surface area (TPSA) is 122 Å². The average molecular weight is 1400 g/mol. The van der Waals surface area contributed by atoms with Crippen LogP contribution in [-0.2, 0) is 9.31 Å². The number of nitrogens with zero attached hydrogens (tertiary/aromatic N) is 8. The number of aromatic nitrogens is 8. The molecule has 10 nitrogen and oxygen atoms in total. The molecule has 1 aliphatic rings. The van der Waals surface area contributed by atoms with Crippen molar-refractivity contribution in [1.29, 1.82) is 0 Å². The van der Waals surface area contributed by atoms with Gasteiger partial charge in [0.1, 0.15) is 5.69 Å². The molecule has 104 heavy (non-hydrogen) atoms. The third-order valence-corrected chi connectivity index (χ3v) is 22.9. The summed E-state index contributed by atoms with van der Waals surface area (Å²) in [5.74, 6) is 2.96. The normalized spacial score (nSPS) is 13.5. The van der Waals surface area contributed by atoms with Gasteiger partial charge in [-0.1, -0.05) is 255 Å². The van der Waals surface area contributed by atoms with E-state index in [9.17, 15) is 0 Å².